The van der Waals surface area contributed by atoms with Crippen LogP contribution in [0.1, 0.15) is 15.9 Å². The van der Waals surface area contributed by atoms with Crippen LogP contribution in [0.15, 0.2) is 64.4 Å². The van der Waals surface area contributed by atoms with Crippen molar-refractivity contribution >= 4 is 22.8 Å². The molecule has 2 aromatic heterocycles. The van der Waals surface area contributed by atoms with Gasteiger partial charge in [0.2, 0.25) is 0 Å². The zero-order chi connectivity index (χ0) is 22.1. The fourth-order valence-corrected chi connectivity index (χ4v) is 3.35. The highest BCUT2D eigenvalue weighted by Crippen LogP contribution is 2.16. The van der Waals surface area contributed by atoms with E-state index < -0.39 is 11.2 Å². The van der Waals surface area contributed by atoms with Crippen LogP contribution in [0.2, 0.25) is 0 Å². The lowest BCUT2D eigenvalue weighted by Crippen LogP contribution is -2.37. The molecule has 9 heteroatoms. The first-order valence-corrected chi connectivity index (χ1v) is 9.54. The second kappa shape index (κ2) is 7.94. The molecule has 9 nitrogen and oxygen atoms in total. The minimum Gasteiger partial charge on any atom is -0.497 e. The Balaban J connectivity index is 1.54. The molecule has 0 saturated heterocycles. The van der Waals surface area contributed by atoms with Crippen LogP contribution in [0.5, 0.6) is 5.75 Å². The van der Waals surface area contributed by atoms with Gasteiger partial charge in [0.1, 0.15) is 5.75 Å². The van der Waals surface area contributed by atoms with Gasteiger partial charge < -0.3 is 14.6 Å². The maximum absolute atomic E-state index is 12.6. The minimum atomic E-state index is -0.421. The van der Waals surface area contributed by atoms with Crippen molar-refractivity contribution in [3.05, 3.63) is 86.8 Å². The van der Waals surface area contributed by atoms with Gasteiger partial charge in [0.05, 0.1) is 13.4 Å². The van der Waals surface area contributed by atoms with Gasteiger partial charge in [0, 0.05) is 31.9 Å². The SMILES string of the molecule is COc1ccc(NC(=O)c2ccc(Cn3cnc4c3c(=O)n(C)c(=O)n4C)cc2)cc1. The Hall–Kier alpha value is -4.14. The standard InChI is InChI=1S/C22H21N5O4/c1-25-19-18(21(29)26(2)22(25)30)27(13-23-19)12-14-4-6-15(7-5-14)20(28)24-16-8-10-17(31-3)11-9-16/h4-11,13H,12H2,1-3H3,(H,24,28). The molecule has 0 aliphatic rings. The minimum absolute atomic E-state index is 0.228. The number of hydrogen-bond acceptors (Lipinski definition) is 5. The summed E-state index contributed by atoms with van der Waals surface area (Å²) in [6.45, 7) is 0.379. The summed E-state index contributed by atoms with van der Waals surface area (Å²) in [6.07, 6.45) is 1.54. The lowest BCUT2D eigenvalue weighted by molar-refractivity contribution is 0.102. The predicted molar refractivity (Wildman–Crippen MR) is 117 cm³/mol. The lowest BCUT2D eigenvalue weighted by Gasteiger charge is -2.09. The summed E-state index contributed by atoms with van der Waals surface area (Å²) in [4.78, 5) is 41.3. The first-order chi connectivity index (χ1) is 14.9. The van der Waals surface area contributed by atoms with Crippen LogP contribution in [0.3, 0.4) is 0 Å². The number of anilines is 1. The van der Waals surface area contributed by atoms with E-state index in [2.05, 4.69) is 10.3 Å². The highest BCUT2D eigenvalue weighted by Gasteiger charge is 2.14. The summed E-state index contributed by atoms with van der Waals surface area (Å²) in [6, 6.07) is 14.2. The third kappa shape index (κ3) is 3.73. The number of methoxy groups -OCH3 is 1. The molecule has 0 unspecified atom stereocenters. The van der Waals surface area contributed by atoms with Crippen LogP contribution < -0.4 is 21.3 Å². The lowest BCUT2D eigenvalue weighted by atomic mass is 10.1. The second-order valence-electron chi connectivity index (χ2n) is 7.13. The second-order valence-corrected chi connectivity index (χ2v) is 7.13. The number of ether oxygens (including phenoxy) is 1. The van der Waals surface area contributed by atoms with Crippen molar-refractivity contribution in [2.45, 2.75) is 6.54 Å². The fraction of sp³-hybridized carbons (Fsp3) is 0.182. The van der Waals surface area contributed by atoms with Gasteiger partial charge in [-0.2, -0.15) is 0 Å². The Morgan fingerprint density at radius 3 is 2.32 bits per heavy atom. The van der Waals surface area contributed by atoms with Crippen LogP contribution in [-0.2, 0) is 20.6 Å². The summed E-state index contributed by atoms with van der Waals surface area (Å²) in [5.41, 5.74) is 1.93. The molecule has 0 spiro atoms. The molecule has 1 amide bonds. The monoisotopic (exact) mass is 419 g/mol. The van der Waals surface area contributed by atoms with E-state index >= 15 is 0 Å². The van der Waals surface area contributed by atoms with E-state index in [0.29, 0.717) is 34.7 Å². The predicted octanol–water partition coefficient (Wildman–Crippen LogP) is 1.74. The molecule has 31 heavy (non-hydrogen) atoms. The van der Waals surface area contributed by atoms with Crippen molar-refractivity contribution in [1.29, 1.82) is 0 Å². The summed E-state index contributed by atoms with van der Waals surface area (Å²) in [5.74, 6) is 0.484. The van der Waals surface area contributed by atoms with Crippen molar-refractivity contribution in [3.63, 3.8) is 0 Å². The number of fused-ring (bicyclic) bond motifs is 1. The van der Waals surface area contributed by atoms with E-state index in [0.717, 1.165) is 10.1 Å². The number of rotatable bonds is 5. The van der Waals surface area contributed by atoms with E-state index in [-0.39, 0.29) is 5.91 Å². The average molecular weight is 419 g/mol. The normalized spacial score (nSPS) is 10.9. The third-order valence-corrected chi connectivity index (χ3v) is 5.13. The van der Waals surface area contributed by atoms with Gasteiger partial charge >= 0.3 is 5.69 Å². The molecule has 0 aliphatic carbocycles. The molecular weight excluding hydrogens is 398 g/mol. The average Bonchev–Trinajstić information content (AvgIpc) is 3.21. The quantitative estimate of drug-likeness (QED) is 0.531. The number of aromatic nitrogens is 4. The number of carbonyl (C=O) groups excluding carboxylic acids is 1. The van der Waals surface area contributed by atoms with E-state index in [9.17, 15) is 14.4 Å². The number of nitrogens with zero attached hydrogens (tertiary/aromatic N) is 4. The number of imidazole rings is 1. The molecule has 2 aromatic carbocycles. The van der Waals surface area contributed by atoms with Crippen molar-refractivity contribution in [1.82, 2.24) is 18.7 Å². The van der Waals surface area contributed by atoms with Crippen molar-refractivity contribution < 1.29 is 9.53 Å². The van der Waals surface area contributed by atoms with Crippen LogP contribution >= 0.6 is 0 Å². The van der Waals surface area contributed by atoms with Crippen molar-refractivity contribution in [2.24, 2.45) is 14.1 Å². The molecule has 4 aromatic rings. The number of aryl methyl sites for hydroxylation is 1. The van der Waals surface area contributed by atoms with Crippen molar-refractivity contribution in [3.8, 4) is 5.75 Å². The molecule has 0 fully saturated rings. The molecular formula is C22H21N5O4. The van der Waals surface area contributed by atoms with Gasteiger partial charge in [-0.25, -0.2) is 9.78 Å². The Bertz CT molecular complexity index is 1380. The molecule has 0 saturated carbocycles. The zero-order valence-corrected chi connectivity index (χ0v) is 17.3. The van der Waals surface area contributed by atoms with Gasteiger partial charge in [0.25, 0.3) is 11.5 Å². The van der Waals surface area contributed by atoms with Gasteiger partial charge in [-0.3, -0.25) is 18.7 Å². The van der Waals surface area contributed by atoms with E-state index in [4.69, 9.17) is 4.74 Å². The summed E-state index contributed by atoms with van der Waals surface area (Å²) < 4.78 is 9.22. The molecule has 0 atom stereocenters. The van der Waals surface area contributed by atoms with E-state index in [1.54, 1.807) is 55.1 Å². The van der Waals surface area contributed by atoms with Crippen LogP contribution in [0.25, 0.3) is 11.2 Å². The Kier molecular flexibility index (Phi) is 5.16. The van der Waals surface area contributed by atoms with Gasteiger partial charge in [-0.1, -0.05) is 12.1 Å². The third-order valence-electron chi connectivity index (χ3n) is 5.13. The smallest absolute Gasteiger partial charge is 0.332 e. The van der Waals surface area contributed by atoms with E-state index in [1.165, 1.54) is 17.9 Å². The zero-order valence-electron chi connectivity index (χ0n) is 17.3. The maximum atomic E-state index is 12.6. The van der Waals surface area contributed by atoms with Crippen molar-refractivity contribution in [2.75, 3.05) is 12.4 Å². The van der Waals surface area contributed by atoms with Gasteiger partial charge in [-0.05, 0) is 42.0 Å². The molecule has 0 aliphatic heterocycles. The van der Waals surface area contributed by atoms with Gasteiger partial charge in [0.15, 0.2) is 11.2 Å². The molecule has 4 rings (SSSR count). The Morgan fingerprint density at radius 1 is 1.00 bits per heavy atom. The highest BCUT2D eigenvalue weighted by molar-refractivity contribution is 6.04. The van der Waals surface area contributed by atoms with Gasteiger partial charge in [-0.15, -0.1) is 0 Å². The molecule has 2 heterocycles. The summed E-state index contributed by atoms with van der Waals surface area (Å²) >= 11 is 0. The molecule has 158 valence electrons. The largest absolute Gasteiger partial charge is 0.497 e. The Labute approximate surface area is 177 Å². The highest BCUT2D eigenvalue weighted by atomic mass is 16.5. The van der Waals surface area contributed by atoms with Crippen LogP contribution in [-0.4, -0.2) is 31.7 Å². The van der Waals surface area contributed by atoms with E-state index in [1.807, 2.05) is 12.1 Å². The summed E-state index contributed by atoms with van der Waals surface area (Å²) in [5, 5.41) is 2.84. The Morgan fingerprint density at radius 2 is 1.68 bits per heavy atom. The first-order valence-electron chi connectivity index (χ1n) is 9.54. The number of nitrogens with one attached hydrogen (secondary N) is 1. The number of hydrogen-bond donors (Lipinski definition) is 1. The molecule has 0 radical (unpaired) electrons. The van der Waals surface area contributed by atoms with Crippen LogP contribution in [0, 0.1) is 0 Å². The number of amides is 1. The first kappa shape index (κ1) is 20.1. The summed E-state index contributed by atoms with van der Waals surface area (Å²) in [7, 11) is 4.61. The topological polar surface area (TPSA) is 100 Å². The maximum Gasteiger partial charge on any atom is 0.332 e. The number of benzene rings is 2. The molecule has 1 N–H and O–H groups in total. The molecule has 0 bridgehead atoms. The number of carbonyl (C=O) groups is 1. The van der Waals surface area contributed by atoms with Crippen LogP contribution in [0.4, 0.5) is 5.69 Å². The fourth-order valence-electron chi connectivity index (χ4n) is 3.35.